The molecule has 94 valence electrons. The third kappa shape index (κ3) is 2.88. The molecule has 5 heteroatoms. The molecule has 1 aromatic carbocycles. The van der Waals surface area contributed by atoms with Crippen LogP contribution < -0.4 is 15.4 Å². The second kappa shape index (κ2) is 5.35. The molecule has 0 fully saturated rings. The maximum absolute atomic E-state index is 5.75. The predicted octanol–water partition coefficient (Wildman–Crippen LogP) is 1.70. The Morgan fingerprint density at radius 2 is 2.11 bits per heavy atom. The van der Waals surface area contributed by atoms with E-state index in [1.165, 1.54) is 6.33 Å². The van der Waals surface area contributed by atoms with Crippen molar-refractivity contribution in [3.8, 4) is 5.88 Å². The molecule has 2 N–H and O–H groups in total. The van der Waals surface area contributed by atoms with Crippen LogP contribution in [0.25, 0.3) is 0 Å². The monoisotopic (exact) mass is 244 g/mol. The van der Waals surface area contributed by atoms with Gasteiger partial charge in [-0.15, -0.1) is 0 Å². The normalized spacial score (nSPS) is 10.1. The number of nitrogen functional groups attached to an aromatic ring is 1. The summed E-state index contributed by atoms with van der Waals surface area (Å²) in [7, 11) is 3.55. The summed E-state index contributed by atoms with van der Waals surface area (Å²) in [5.74, 6) is 1.36. The molecule has 0 atom stereocenters. The Kier molecular flexibility index (Phi) is 3.62. The van der Waals surface area contributed by atoms with E-state index in [9.17, 15) is 0 Å². The van der Waals surface area contributed by atoms with Gasteiger partial charge in [0.15, 0.2) is 0 Å². The van der Waals surface area contributed by atoms with Crippen LogP contribution in [0.2, 0.25) is 0 Å². The van der Waals surface area contributed by atoms with Gasteiger partial charge in [0.05, 0.1) is 7.11 Å². The van der Waals surface area contributed by atoms with Crippen LogP contribution in [0, 0.1) is 0 Å². The summed E-state index contributed by atoms with van der Waals surface area (Å²) >= 11 is 0. The van der Waals surface area contributed by atoms with Crippen molar-refractivity contribution in [3.05, 3.63) is 42.2 Å². The van der Waals surface area contributed by atoms with E-state index in [1.807, 2.05) is 36.2 Å². The Labute approximate surface area is 106 Å². The SMILES string of the molecule is COc1cc(N(C)Cc2cccc(N)c2)ncn1. The summed E-state index contributed by atoms with van der Waals surface area (Å²) < 4.78 is 5.08. The van der Waals surface area contributed by atoms with Crippen LogP contribution in [-0.4, -0.2) is 24.1 Å². The van der Waals surface area contributed by atoms with Crippen LogP contribution in [-0.2, 0) is 6.54 Å². The molecule has 1 heterocycles. The van der Waals surface area contributed by atoms with Gasteiger partial charge in [0.25, 0.3) is 0 Å². The lowest BCUT2D eigenvalue weighted by Crippen LogP contribution is -2.17. The van der Waals surface area contributed by atoms with Crippen LogP contribution in [0.3, 0.4) is 0 Å². The van der Waals surface area contributed by atoms with Crippen molar-refractivity contribution in [2.75, 3.05) is 24.8 Å². The van der Waals surface area contributed by atoms with Crippen molar-refractivity contribution in [2.24, 2.45) is 0 Å². The molecule has 0 spiro atoms. The number of methoxy groups -OCH3 is 1. The Balaban J connectivity index is 2.13. The first-order chi connectivity index (χ1) is 8.69. The van der Waals surface area contributed by atoms with Gasteiger partial charge in [0.2, 0.25) is 5.88 Å². The highest BCUT2D eigenvalue weighted by atomic mass is 16.5. The molecule has 0 bridgehead atoms. The van der Waals surface area contributed by atoms with Gasteiger partial charge in [0.1, 0.15) is 12.1 Å². The quantitative estimate of drug-likeness (QED) is 0.829. The van der Waals surface area contributed by atoms with Crippen molar-refractivity contribution >= 4 is 11.5 Å². The summed E-state index contributed by atoms with van der Waals surface area (Å²) in [5.41, 5.74) is 7.65. The van der Waals surface area contributed by atoms with Crippen LogP contribution in [0.15, 0.2) is 36.7 Å². The minimum Gasteiger partial charge on any atom is -0.481 e. The van der Waals surface area contributed by atoms with Gasteiger partial charge in [-0.3, -0.25) is 0 Å². The van der Waals surface area contributed by atoms with E-state index in [0.29, 0.717) is 5.88 Å². The number of nitrogens with two attached hydrogens (primary N) is 1. The molecule has 1 aromatic heterocycles. The molecule has 2 aromatic rings. The maximum Gasteiger partial charge on any atom is 0.218 e. The molecule has 0 unspecified atom stereocenters. The highest BCUT2D eigenvalue weighted by Gasteiger charge is 2.05. The topological polar surface area (TPSA) is 64.3 Å². The first-order valence-electron chi connectivity index (χ1n) is 5.60. The first kappa shape index (κ1) is 12.2. The fourth-order valence-electron chi connectivity index (χ4n) is 1.70. The molecular formula is C13H16N4O. The maximum atomic E-state index is 5.75. The van der Waals surface area contributed by atoms with Crippen LogP contribution in [0.5, 0.6) is 5.88 Å². The van der Waals surface area contributed by atoms with Gasteiger partial charge >= 0.3 is 0 Å². The molecular weight excluding hydrogens is 228 g/mol. The molecule has 0 aliphatic rings. The third-order valence-electron chi connectivity index (χ3n) is 2.60. The average Bonchev–Trinajstić information content (AvgIpc) is 2.39. The molecule has 18 heavy (non-hydrogen) atoms. The number of anilines is 2. The van der Waals surface area contributed by atoms with E-state index in [2.05, 4.69) is 9.97 Å². The zero-order valence-corrected chi connectivity index (χ0v) is 10.5. The zero-order chi connectivity index (χ0) is 13.0. The minimum atomic E-state index is 0.555. The molecule has 0 amide bonds. The van der Waals surface area contributed by atoms with E-state index in [-0.39, 0.29) is 0 Å². The standard InChI is InChI=1S/C13H16N4O/c1-17(8-10-4-3-5-11(14)6-10)12-7-13(18-2)16-9-15-12/h3-7,9H,8,14H2,1-2H3. The second-order valence-corrected chi connectivity index (χ2v) is 4.02. The highest BCUT2D eigenvalue weighted by molar-refractivity contribution is 5.44. The number of ether oxygens (including phenoxy) is 1. The predicted molar refractivity (Wildman–Crippen MR) is 71.5 cm³/mol. The number of benzene rings is 1. The fraction of sp³-hybridized carbons (Fsp3) is 0.231. The molecule has 5 nitrogen and oxygen atoms in total. The van der Waals surface area contributed by atoms with Gasteiger partial charge in [-0.2, -0.15) is 0 Å². The second-order valence-electron chi connectivity index (χ2n) is 4.02. The molecule has 0 saturated carbocycles. The number of nitrogens with zero attached hydrogens (tertiary/aromatic N) is 3. The van der Waals surface area contributed by atoms with Crippen molar-refractivity contribution in [2.45, 2.75) is 6.54 Å². The first-order valence-corrected chi connectivity index (χ1v) is 5.60. The fourth-order valence-corrected chi connectivity index (χ4v) is 1.70. The van der Waals surface area contributed by atoms with E-state index < -0.39 is 0 Å². The highest BCUT2D eigenvalue weighted by Crippen LogP contribution is 2.17. The van der Waals surface area contributed by atoms with E-state index in [4.69, 9.17) is 10.5 Å². The Bertz CT molecular complexity index is 530. The summed E-state index contributed by atoms with van der Waals surface area (Å²) in [6, 6.07) is 9.60. The zero-order valence-electron chi connectivity index (χ0n) is 10.5. The van der Waals surface area contributed by atoms with Crippen LogP contribution in [0.1, 0.15) is 5.56 Å². The largest absolute Gasteiger partial charge is 0.481 e. The number of aromatic nitrogens is 2. The number of rotatable bonds is 4. The summed E-state index contributed by atoms with van der Waals surface area (Å²) in [5, 5.41) is 0. The average molecular weight is 244 g/mol. The Morgan fingerprint density at radius 1 is 1.28 bits per heavy atom. The minimum absolute atomic E-state index is 0.555. The number of hydrogen-bond donors (Lipinski definition) is 1. The number of hydrogen-bond acceptors (Lipinski definition) is 5. The lowest BCUT2D eigenvalue weighted by atomic mass is 10.2. The smallest absolute Gasteiger partial charge is 0.218 e. The summed E-state index contributed by atoms with van der Waals surface area (Å²) in [4.78, 5) is 10.2. The van der Waals surface area contributed by atoms with E-state index in [1.54, 1.807) is 13.2 Å². The van der Waals surface area contributed by atoms with Gasteiger partial charge in [-0.25, -0.2) is 9.97 Å². The van der Waals surface area contributed by atoms with Crippen molar-refractivity contribution in [1.82, 2.24) is 9.97 Å². The van der Waals surface area contributed by atoms with Gasteiger partial charge in [-0.1, -0.05) is 12.1 Å². The van der Waals surface area contributed by atoms with Gasteiger partial charge < -0.3 is 15.4 Å². The third-order valence-corrected chi connectivity index (χ3v) is 2.60. The summed E-state index contributed by atoms with van der Waals surface area (Å²) in [6.07, 6.45) is 1.49. The van der Waals surface area contributed by atoms with Gasteiger partial charge in [0, 0.05) is 25.3 Å². The van der Waals surface area contributed by atoms with E-state index in [0.717, 1.165) is 23.6 Å². The van der Waals surface area contributed by atoms with Crippen molar-refractivity contribution in [3.63, 3.8) is 0 Å². The lowest BCUT2D eigenvalue weighted by molar-refractivity contribution is 0.397. The van der Waals surface area contributed by atoms with Crippen molar-refractivity contribution < 1.29 is 4.74 Å². The summed E-state index contributed by atoms with van der Waals surface area (Å²) in [6.45, 7) is 0.727. The lowest BCUT2D eigenvalue weighted by Gasteiger charge is -2.18. The van der Waals surface area contributed by atoms with Crippen LogP contribution >= 0.6 is 0 Å². The molecule has 2 rings (SSSR count). The Hall–Kier alpha value is -2.30. The van der Waals surface area contributed by atoms with Crippen molar-refractivity contribution in [1.29, 1.82) is 0 Å². The molecule has 0 radical (unpaired) electrons. The van der Waals surface area contributed by atoms with E-state index >= 15 is 0 Å². The van der Waals surface area contributed by atoms with Crippen LogP contribution in [0.4, 0.5) is 11.5 Å². The molecule has 0 aliphatic carbocycles. The Morgan fingerprint density at radius 3 is 2.83 bits per heavy atom. The molecule has 0 aliphatic heterocycles. The molecule has 0 saturated heterocycles. The van der Waals surface area contributed by atoms with Gasteiger partial charge in [-0.05, 0) is 17.7 Å².